The molecular weight excluding hydrogens is 306 g/mol. The van der Waals surface area contributed by atoms with Crippen molar-refractivity contribution in [2.75, 3.05) is 12.8 Å². The topological polar surface area (TPSA) is 52.6 Å². The first-order valence-corrected chi connectivity index (χ1v) is 9.11. The van der Waals surface area contributed by atoms with E-state index in [-0.39, 0.29) is 12.8 Å². The van der Waals surface area contributed by atoms with Crippen molar-refractivity contribution in [3.8, 4) is 5.75 Å². The molecule has 1 unspecified atom stereocenters. The van der Waals surface area contributed by atoms with Gasteiger partial charge in [-0.3, -0.25) is 9.36 Å². The minimum absolute atomic E-state index is 0.0761. The van der Waals surface area contributed by atoms with Crippen molar-refractivity contribution in [3.63, 3.8) is 0 Å². The monoisotopic (exact) mass is 330 g/mol. The summed E-state index contributed by atoms with van der Waals surface area (Å²) < 4.78 is 36.9. The molecule has 1 rings (SSSR count). The molecule has 0 bridgehead atoms. The maximum absolute atomic E-state index is 13.3. The van der Waals surface area contributed by atoms with E-state index in [4.69, 9.17) is 9.26 Å². The van der Waals surface area contributed by atoms with Crippen molar-refractivity contribution in [3.05, 3.63) is 30.1 Å². The third kappa shape index (κ3) is 4.84. The van der Waals surface area contributed by atoms with Crippen molar-refractivity contribution >= 4 is 13.3 Å². The third-order valence-corrected chi connectivity index (χ3v) is 6.87. The van der Waals surface area contributed by atoms with Gasteiger partial charge in [0.1, 0.15) is 11.6 Å². The van der Waals surface area contributed by atoms with E-state index >= 15 is 0 Å². The van der Waals surface area contributed by atoms with Crippen molar-refractivity contribution in [1.29, 1.82) is 0 Å². The Kier molecular flexibility index (Phi) is 6.18. The molecule has 0 aliphatic rings. The Morgan fingerprint density at radius 3 is 2.27 bits per heavy atom. The number of rotatable bonds is 6. The fourth-order valence-electron chi connectivity index (χ4n) is 1.83. The molecule has 1 aromatic carbocycles. The Hall–Kier alpha value is -1.35. The number of esters is 1. The normalized spacial score (nSPS) is 15.7. The number of carbonyl (C=O) groups excluding carboxylic acids is 1. The summed E-state index contributed by atoms with van der Waals surface area (Å²) in [6.45, 7) is 9.08. The molecule has 0 aliphatic carbocycles. The lowest BCUT2D eigenvalue weighted by Gasteiger charge is -2.32. The summed E-state index contributed by atoms with van der Waals surface area (Å²) in [6.07, 6.45) is 0.0761. The van der Waals surface area contributed by atoms with Gasteiger partial charge in [0, 0.05) is 11.3 Å². The summed E-state index contributed by atoms with van der Waals surface area (Å²) in [4.78, 5) is 11.8. The van der Waals surface area contributed by atoms with E-state index in [9.17, 15) is 13.8 Å². The molecule has 1 aromatic rings. The van der Waals surface area contributed by atoms with Crippen LogP contribution in [0.4, 0.5) is 4.39 Å². The van der Waals surface area contributed by atoms with Crippen molar-refractivity contribution in [2.24, 2.45) is 5.92 Å². The lowest BCUT2D eigenvalue weighted by Crippen LogP contribution is -2.27. The third-order valence-electron chi connectivity index (χ3n) is 3.29. The number of carbonyl (C=O) groups is 1. The highest BCUT2D eigenvalue weighted by Crippen LogP contribution is 2.59. The van der Waals surface area contributed by atoms with Gasteiger partial charge in [0.25, 0.3) is 7.37 Å². The molecule has 0 aliphatic heterocycles. The van der Waals surface area contributed by atoms with E-state index in [1.54, 1.807) is 34.6 Å². The summed E-state index contributed by atoms with van der Waals surface area (Å²) >= 11 is 0. The maximum Gasteiger partial charge on any atom is 0.309 e. The van der Waals surface area contributed by atoms with Gasteiger partial charge in [-0.2, -0.15) is 0 Å². The molecule has 2 atom stereocenters. The Morgan fingerprint density at radius 2 is 1.82 bits per heavy atom. The van der Waals surface area contributed by atoms with E-state index in [2.05, 4.69) is 0 Å². The van der Waals surface area contributed by atoms with Crippen LogP contribution in [0, 0.1) is 11.7 Å². The van der Waals surface area contributed by atoms with Crippen LogP contribution in [0.3, 0.4) is 0 Å². The predicted molar refractivity (Wildman–Crippen MR) is 85.1 cm³/mol. The fraction of sp³-hybridized carbons (Fsp3) is 0.562. The van der Waals surface area contributed by atoms with E-state index in [0.29, 0.717) is 5.75 Å². The molecule has 0 saturated heterocycles. The van der Waals surface area contributed by atoms with Crippen LogP contribution in [0.5, 0.6) is 5.75 Å². The quantitative estimate of drug-likeness (QED) is 0.570. The molecule has 0 amide bonds. The second-order valence-corrected chi connectivity index (χ2v) is 9.46. The minimum atomic E-state index is -3.20. The number of hydrogen-bond donors (Lipinski definition) is 0. The molecule has 0 fully saturated rings. The zero-order chi connectivity index (χ0) is 17.0. The van der Waals surface area contributed by atoms with Crippen LogP contribution in [0.25, 0.3) is 0 Å². The zero-order valence-electron chi connectivity index (χ0n) is 13.8. The maximum atomic E-state index is 13.3. The molecule has 0 heterocycles. The highest BCUT2D eigenvalue weighted by molar-refractivity contribution is 7.61. The Bertz CT molecular complexity index is 548. The first-order valence-electron chi connectivity index (χ1n) is 7.30. The van der Waals surface area contributed by atoms with Gasteiger partial charge in [0.15, 0.2) is 0 Å². The summed E-state index contributed by atoms with van der Waals surface area (Å²) in [6, 6.07) is 5.36. The van der Waals surface area contributed by atoms with Crippen LogP contribution in [-0.2, 0) is 14.1 Å². The van der Waals surface area contributed by atoms with Crippen LogP contribution in [0.1, 0.15) is 34.6 Å². The number of hydrogen-bond acceptors (Lipinski definition) is 4. The first-order chi connectivity index (χ1) is 10.1. The Labute approximate surface area is 131 Å². The molecule has 0 N–H and O–H groups in total. The molecule has 4 nitrogen and oxygen atoms in total. The minimum Gasteiger partial charge on any atom is -0.466 e. The van der Waals surface area contributed by atoms with E-state index < -0.39 is 30.2 Å². The lowest BCUT2D eigenvalue weighted by atomic mass is 10.2. The first kappa shape index (κ1) is 18.7. The highest BCUT2D eigenvalue weighted by atomic mass is 31.2. The Balaban J connectivity index is 2.98. The van der Waals surface area contributed by atoms with Crippen LogP contribution < -0.4 is 4.52 Å². The largest absolute Gasteiger partial charge is 0.466 e. The second kappa shape index (κ2) is 7.28. The SMILES string of the molecule is CCOC(=O)[C@H](C)CP(=O)(Oc1ccc(F)cc1)C(C)(C)C. The van der Waals surface area contributed by atoms with E-state index in [1.807, 2.05) is 0 Å². The lowest BCUT2D eigenvalue weighted by molar-refractivity contribution is -0.146. The van der Waals surface area contributed by atoms with Crippen LogP contribution in [-0.4, -0.2) is 23.9 Å². The van der Waals surface area contributed by atoms with Gasteiger partial charge in [-0.05, 0) is 31.2 Å². The predicted octanol–water partition coefficient (Wildman–Crippen LogP) is 4.48. The van der Waals surface area contributed by atoms with Crippen LogP contribution >= 0.6 is 7.37 Å². The summed E-state index contributed by atoms with van der Waals surface area (Å²) in [5.74, 6) is -0.992. The average molecular weight is 330 g/mol. The summed E-state index contributed by atoms with van der Waals surface area (Å²) in [5, 5.41) is -0.651. The molecular formula is C16H24FO4P. The molecule has 0 spiro atoms. The smallest absolute Gasteiger partial charge is 0.309 e. The van der Waals surface area contributed by atoms with Gasteiger partial charge >= 0.3 is 5.97 Å². The van der Waals surface area contributed by atoms with Gasteiger partial charge in [-0.15, -0.1) is 0 Å². The number of ether oxygens (including phenoxy) is 1. The zero-order valence-corrected chi connectivity index (χ0v) is 14.7. The number of benzene rings is 1. The molecule has 124 valence electrons. The molecule has 0 radical (unpaired) electrons. The van der Waals surface area contributed by atoms with Gasteiger partial charge in [-0.1, -0.05) is 27.7 Å². The van der Waals surface area contributed by atoms with Crippen LogP contribution in [0.2, 0.25) is 0 Å². The molecule has 6 heteroatoms. The summed E-state index contributed by atoms with van der Waals surface area (Å²) in [5.41, 5.74) is 0. The van der Waals surface area contributed by atoms with Crippen molar-refractivity contribution in [1.82, 2.24) is 0 Å². The highest BCUT2D eigenvalue weighted by Gasteiger charge is 2.42. The van der Waals surface area contributed by atoms with Gasteiger partial charge in [0.2, 0.25) is 0 Å². The van der Waals surface area contributed by atoms with Gasteiger partial charge < -0.3 is 9.26 Å². The van der Waals surface area contributed by atoms with Gasteiger partial charge in [0.05, 0.1) is 12.5 Å². The van der Waals surface area contributed by atoms with E-state index in [0.717, 1.165) is 0 Å². The molecule has 0 aromatic heterocycles. The standard InChI is InChI=1S/C16H24FO4P/c1-6-20-15(18)12(2)11-22(19,16(3,4)5)21-14-9-7-13(17)8-10-14/h7-10,12H,6,11H2,1-5H3/t12-,22?/m1/s1. The van der Waals surface area contributed by atoms with Crippen molar-refractivity contribution in [2.45, 2.75) is 39.8 Å². The van der Waals surface area contributed by atoms with Gasteiger partial charge in [-0.25, -0.2) is 4.39 Å². The molecule has 22 heavy (non-hydrogen) atoms. The second-order valence-electron chi connectivity index (χ2n) is 6.23. The summed E-state index contributed by atoms with van der Waals surface area (Å²) in [7, 11) is -3.20. The van der Waals surface area contributed by atoms with Crippen molar-refractivity contribution < 1.29 is 23.0 Å². The Morgan fingerprint density at radius 1 is 1.27 bits per heavy atom. The van der Waals surface area contributed by atoms with E-state index in [1.165, 1.54) is 24.3 Å². The average Bonchev–Trinajstić information content (AvgIpc) is 2.40. The molecule has 0 saturated carbocycles. The van der Waals surface area contributed by atoms with Crippen LogP contribution in [0.15, 0.2) is 24.3 Å². The fourth-order valence-corrected chi connectivity index (χ4v) is 4.06. The number of halogens is 1.